The Morgan fingerprint density at radius 1 is 1.67 bits per heavy atom. The lowest BCUT2D eigenvalue weighted by Gasteiger charge is -2.23. The van der Waals surface area contributed by atoms with Crippen LogP contribution in [0.25, 0.3) is 0 Å². The van der Waals surface area contributed by atoms with Crippen LogP contribution < -0.4 is 5.32 Å². The molecule has 80 valence electrons. The molecule has 1 aromatic heterocycles. The highest BCUT2D eigenvalue weighted by Gasteiger charge is 2.27. The summed E-state index contributed by atoms with van der Waals surface area (Å²) < 4.78 is 4.66. The number of methoxy groups -OCH3 is 1. The van der Waals surface area contributed by atoms with Crippen molar-refractivity contribution < 1.29 is 9.53 Å². The number of aromatic nitrogens is 2. The van der Waals surface area contributed by atoms with Gasteiger partial charge in [-0.05, 0) is 0 Å². The van der Waals surface area contributed by atoms with Crippen molar-refractivity contribution in [2.45, 2.75) is 19.0 Å². The van der Waals surface area contributed by atoms with Gasteiger partial charge < -0.3 is 4.74 Å². The van der Waals surface area contributed by atoms with Gasteiger partial charge in [0.15, 0.2) is 0 Å². The van der Waals surface area contributed by atoms with Gasteiger partial charge in [-0.25, -0.2) is 9.97 Å². The van der Waals surface area contributed by atoms with E-state index >= 15 is 0 Å². The fourth-order valence-corrected chi connectivity index (χ4v) is 1.81. The molecule has 2 rings (SSSR count). The monoisotopic (exact) mass is 227 g/mol. The summed E-state index contributed by atoms with van der Waals surface area (Å²) in [5, 5.41) is 3.44. The maximum Gasteiger partial charge on any atom is 0.323 e. The molecule has 0 bridgehead atoms. The van der Waals surface area contributed by atoms with Gasteiger partial charge in [-0.15, -0.1) is 0 Å². The number of nitrogens with zero attached hydrogens (tertiary/aromatic N) is 2. The predicted octanol–water partition coefficient (Wildman–Crippen LogP) is 0.317. The van der Waals surface area contributed by atoms with Crippen LogP contribution in [0, 0.1) is 0 Å². The van der Waals surface area contributed by atoms with E-state index in [4.69, 9.17) is 11.6 Å². The van der Waals surface area contributed by atoms with Gasteiger partial charge in [0, 0.05) is 18.5 Å². The fourth-order valence-electron chi connectivity index (χ4n) is 1.58. The first-order valence-corrected chi connectivity index (χ1v) is 4.89. The first-order valence-electron chi connectivity index (χ1n) is 4.52. The van der Waals surface area contributed by atoms with Crippen LogP contribution in [0.4, 0.5) is 0 Å². The Morgan fingerprint density at radius 2 is 2.47 bits per heavy atom. The Morgan fingerprint density at radius 3 is 3.20 bits per heavy atom. The molecule has 1 aliphatic heterocycles. The average molecular weight is 228 g/mol. The van der Waals surface area contributed by atoms with Crippen LogP contribution in [0.3, 0.4) is 0 Å². The normalized spacial score (nSPS) is 19.5. The van der Waals surface area contributed by atoms with Crippen molar-refractivity contribution in [2.75, 3.05) is 7.11 Å². The molecule has 5 nitrogen and oxygen atoms in total. The molecule has 0 amide bonds. The second-order valence-electron chi connectivity index (χ2n) is 3.25. The number of carbonyl (C=O) groups excluding carboxylic acids is 1. The highest BCUT2D eigenvalue weighted by Crippen LogP contribution is 2.21. The first-order chi connectivity index (χ1) is 7.22. The number of esters is 1. The summed E-state index contributed by atoms with van der Waals surface area (Å²) in [4.78, 5) is 19.3. The van der Waals surface area contributed by atoms with Crippen LogP contribution >= 0.6 is 11.6 Å². The van der Waals surface area contributed by atoms with Crippen molar-refractivity contribution in [3.8, 4) is 0 Å². The zero-order valence-corrected chi connectivity index (χ0v) is 8.91. The lowest BCUT2D eigenvalue weighted by atomic mass is 10.0. The van der Waals surface area contributed by atoms with Crippen LogP contribution in [0.1, 0.15) is 11.3 Å². The summed E-state index contributed by atoms with van der Waals surface area (Å²) in [7, 11) is 1.36. The fraction of sp³-hybridized carbons (Fsp3) is 0.444. The van der Waals surface area contributed by atoms with Crippen LogP contribution in [0.2, 0.25) is 5.15 Å². The maximum atomic E-state index is 11.3. The summed E-state index contributed by atoms with van der Waals surface area (Å²) in [5.74, 6) is -0.291. The van der Waals surface area contributed by atoms with Crippen LogP contribution in [0.5, 0.6) is 0 Å². The van der Waals surface area contributed by atoms with Crippen molar-refractivity contribution in [2.24, 2.45) is 0 Å². The third-order valence-corrected chi connectivity index (χ3v) is 2.72. The van der Waals surface area contributed by atoms with E-state index in [9.17, 15) is 4.79 Å². The number of hydrogen-bond donors (Lipinski definition) is 1. The smallest absolute Gasteiger partial charge is 0.323 e. The first kappa shape index (κ1) is 10.3. The van der Waals surface area contributed by atoms with E-state index < -0.39 is 0 Å². The van der Waals surface area contributed by atoms with Crippen LogP contribution in [0.15, 0.2) is 6.33 Å². The van der Waals surface area contributed by atoms with Gasteiger partial charge in [0.25, 0.3) is 0 Å². The SMILES string of the molecule is COC(=O)C1Cc2c(Cl)ncnc2CN1. The Bertz CT molecular complexity index is 397. The van der Waals surface area contributed by atoms with Crippen LogP contribution in [-0.2, 0) is 22.5 Å². The summed E-state index contributed by atoms with van der Waals surface area (Å²) in [6, 6.07) is -0.356. The molecular weight excluding hydrogens is 218 g/mol. The molecule has 1 atom stereocenters. The molecule has 6 heteroatoms. The second kappa shape index (κ2) is 4.12. The molecule has 0 aliphatic carbocycles. The summed E-state index contributed by atoms with van der Waals surface area (Å²) in [5.41, 5.74) is 1.67. The van der Waals surface area contributed by atoms with Crippen molar-refractivity contribution >= 4 is 17.6 Å². The number of rotatable bonds is 1. The molecule has 2 heterocycles. The second-order valence-corrected chi connectivity index (χ2v) is 3.61. The standard InChI is InChI=1S/C9H10ClN3O2/c1-15-9(14)6-2-5-7(3-11-6)12-4-13-8(5)10/h4,6,11H,2-3H2,1H3. The molecule has 0 saturated carbocycles. The molecule has 0 spiro atoms. The van der Waals surface area contributed by atoms with Gasteiger partial charge in [0.05, 0.1) is 12.8 Å². The number of halogens is 1. The zero-order valence-electron chi connectivity index (χ0n) is 8.16. The Labute approximate surface area is 91.8 Å². The molecule has 15 heavy (non-hydrogen) atoms. The largest absolute Gasteiger partial charge is 0.468 e. The minimum atomic E-state index is -0.356. The number of hydrogen-bond acceptors (Lipinski definition) is 5. The van der Waals surface area contributed by atoms with E-state index in [1.54, 1.807) is 0 Å². The van der Waals surface area contributed by atoms with Crippen molar-refractivity contribution in [1.82, 2.24) is 15.3 Å². The van der Waals surface area contributed by atoms with Crippen molar-refractivity contribution in [1.29, 1.82) is 0 Å². The van der Waals surface area contributed by atoms with E-state index in [2.05, 4.69) is 20.0 Å². The number of carbonyl (C=O) groups is 1. The predicted molar refractivity (Wildman–Crippen MR) is 53.4 cm³/mol. The third kappa shape index (κ3) is 1.93. The van der Waals surface area contributed by atoms with Gasteiger partial charge in [-0.3, -0.25) is 10.1 Å². The summed E-state index contributed by atoms with van der Waals surface area (Å²) in [6.07, 6.45) is 1.89. The van der Waals surface area contributed by atoms with E-state index in [1.165, 1.54) is 13.4 Å². The highest BCUT2D eigenvalue weighted by molar-refractivity contribution is 6.30. The van der Waals surface area contributed by atoms with Gasteiger partial charge in [0.1, 0.15) is 17.5 Å². The van der Waals surface area contributed by atoms with Crippen molar-refractivity contribution in [3.63, 3.8) is 0 Å². The third-order valence-electron chi connectivity index (χ3n) is 2.39. The molecule has 0 radical (unpaired) electrons. The molecule has 0 aromatic carbocycles. The quantitative estimate of drug-likeness (QED) is 0.553. The lowest BCUT2D eigenvalue weighted by Crippen LogP contribution is -2.43. The molecule has 1 N–H and O–H groups in total. The molecule has 0 fully saturated rings. The Hall–Kier alpha value is -1.20. The zero-order chi connectivity index (χ0) is 10.8. The maximum absolute atomic E-state index is 11.3. The molecular formula is C9H10ClN3O2. The van der Waals surface area contributed by atoms with E-state index in [-0.39, 0.29) is 12.0 Å². The molecule has 0 saturated heterocycles. The number of ether oxygens (including phenoxy) is 1. The minimum absolute atomic E-state index is 0.291. The van der Waals surface area contributed by atoms with Crippen molar-refractivity contribution in [3.05, 3.63) is 22.7 Å². The lowest BCUT2D eigenvalue weighted by molar-refractivity contribution is -0.143. The molecule has 1 aliphatic rings. The van der Waals surface area contributed by atoms with Gasteiger partial charge in [-0.2, -0.15) is 0 Å². The van der Waals surface area contributed by atoms with E-state index in [1.807, 2.05) is 0 Å². The Kier molecular flexibility index (Phi) is 2.83. The summed E-state index contributed by atoms with van der Waals surface area (Å²) in [6.45, 7) is 0.511. The topological polar surface area (TPSA) is 64.1 Å². The molecule has 1 unspecified atom stereocenters. The van der Waals surface area contributed by atoms with Gasteiger partial charge >= 0.3 is 5.97 Å². The van der Waals surface area contributed by atoms with Gasteiger partial charge in [0.2, 0.25) is 0 Å². The average Bonchev–Trinajstić information content (AvgIpc) is 2.28. The van der Waals surface area contributed by atoms with Gasteiger partial charge in [-0.1, -0.05) is 11.6 Å². The minimum Gasteiger partial charge on any atom is -0.468 e. The summed E-state index contributed by atoms with van der Waals surface area (Å²) >= 11 is 5.92. The number of fused-ring (bicyclic) bond motifs is 1. The van der Waals surface area contributed by atoms with E-state index in [0.717, 1.165) is 11.3 Å². The van der Waals surface area contributed by atoms with E-state index in [0.29, 0.717) is 18.1 Å². The van der Waals surface area contributed by atoms with Crippen LogP contribution in [-0.4, -0.2) is 29.1 Å². The Balaban J connectivity index is 2.26. The molecule has 1 aromatic rings. The highest BCUT2D eigenvalue weighted by atomic mass is 35.5. The number of nitrogens with one attached hydrogen (secondary N) is 1.